The Hall–Kier alpha value is -2.30. The zero-order chi connectivity index (χ0) is 25.7. The second kappa shape index (κ2) is 12.3. The van der Waals surface area contributed by atoms with Crippen LogP contribution in [0.2, 0.25) is 0 Å². The van der Waals surface area contributed by atoms with Crippen molar-refractivity contribution in [3.8, 4) is 11.5 Å². The highest BCUT2D eigenvalue weighted by Crippen LogP contribution is 2.39. The molecule has 1 saturated heterocycles. The molecular weight excluding hydrogens is 651 g/mol. The first-order chi connectivity index (χ1) is 17.4. The molecule has 5 nitrogen and oxygen atoms in total. The Balaban J connectivity index is 1.62. The van der Waals surface area contributed by atoms with Crippen molar-refractivity contribution < 1.29 is 14.3 Å². The summed E-state index contributed by atoms with van der Waals surface area (Å²) >= 11 is 7.11. The number of amidine groups is 1. The first kappa shape index (κ1) is 26.8. The predicted octanol–water partition coefficient (Wildman–Crippen LogP) is 8.04. The van der Waals surface area contributed by atoms with Crippen LogP contribution in [-0.4, -0.2) is 28.6 Å². The minimum absolute atomic E-state index is 0.00753. The number of hydrogen-bond donors (Lipinski definition) is 0. The Morgan fingerprint density at radius 3 is 2.47 bits per heavy atom. The average molecular weight is 677 g/mol. The van der Waals surface area contributed by atoms with Crippen molar-refractivity contribution in [1.29, 1.82) is 0 Å². The molecule has 36 heavy (non-hydrogen) atoms. The Bertz CT molecular complexity index is 1290. The summed E-state index contributed by atoms with van der Waals surface area (Å²) in [4.78, 5) is 20.4. The molecule has 0 atom stereocenters. The molecule has 0 N–H and O–H groups in total. The van der Waals surface area contributed by atoms with E-state index in [1.165, 1.54) is 11.8 Å². The Morgan fingerprint density at radius 1 is 1.08 bits per heavy atom. The molecule has 1 fully saturated rings. The van der Waals surface area contributed by atoms with Crippen LogP contribution in [0.25, 0.3) is 6.08 Å². The number of amides is 1. The van der Waals surface area contributed by atoms with E-state index in [9.17, 15) is 4.79 Å². The lowest BCUT2D eigenvalue weighted by atomic mass is 10.1. The molecule has 1 amide bonds. The minimum atomic E-state index is -0.0479. The zero-order valence-corrected chi connectivity index (χ0v) is 24.8. The number of carbonyl (C=O) groups excluding carboxylic acids is 1. The van der Waals surface area contributed by atoms with Gasteiger partial charge in [0.2, 0.25) is 0 Å². The highest BCUT2D eigenvalue weighted by Gasteiger charge is 2.35. The number of para-hydroxylation sites is 1. The van der Waals surface area contributed by atoms with E-state index < -0.39 is 0 Å². The van der Waals surface area contributed by atoms with E-state index >= 15 is 0 Å². The van der Waals surface area contributed by atoms with Crippen LogP contribution in [0.5, 0.6) is 11.5 Å². The number of ether oxygens (including phenoxy) is 2. The van der Waals surface area contributed by atoms with Crippen molar-refractivity contribution in [2.24, 2.45) is 4.99 Å². The molecule has 4 rings (SSSR count). The monoisotopic (exact) mass is 676 g/mol. The third kappa shape index (κ3) is 6.52. The highest BCUT2D eigenvalue weighted by molar-refractivity contribution is 14.1. The molecule has 0 saturated carbocycles. The van der Waals surface area contributed by atoms with E-state index in [1.54, 1.807) is 4.90 Å². The molecule has 3 aromatic rings. The summed E-state index contributed by atoms with van der Waals surface area (Å²) in [7, 11) is 0. The smallest absolute Gasteiger partial charge is 0.266 e. The van der Waals surface area contributed by atoms with Crippen LogP contribution in [0.1, 0.15) is 31.9 Å². The molecule has 0 aromatic heterocycles. The second-order valence-corrected chi connectivity index (χ2v) is 11.4. The molecule has 0 aliphatic carbocycles. The van der Waals surface area contributed by atoms with Crippen molar-refractivity contribution in [3.05, 3.63) is 90.8 Å². The number of nitrogens with zero attached hydrogens (tertiary/aromatic N) is 2. The van der Waals surface area contributed by atoms with Crippen molar-refractivity contribution in [2.45, 2.75) is 33.4 Å². The number of thioether (sulfide) groups is 1. The quantitative estimate of drug-likeness (QED) is 0.179. The first-order valence-electron chi connectivity index (χ1n) is 11.6. The van der Waals surface area contributed by atoms with Gasteiger partial charge >= 0.3 is 0 Å². The summed E-state index contributed by atoms with van der Waals surface area (Å²) in [6.45, 7) is 6.87. The van der Waals surface area contributed by atoms with E-state index in [-0.39, 0.29) is 11.9 Å². The van der Waals surface area contributed by atoms with Crippen LogP contribution in [0.3, 0.4) is 0 Å². The van der Waals surface area contributed by atoms with Gasteiger partial charge in [-0.25, -0.2) is 4.99 Å². The summed E-state index contributed by atoms with van der Waals surface area (Å²) < 4.78 is 14.0. The van der Waals surface area contributed by atoms with Gasteiger partial charge in [0, 0.05) is 10.5 Å². The Labute approximate surface area is 238 Å². The maximum Gasteiger partial charge on any atom is 0.266 e. The molecule has 8 heteroatoms. The SMILES string of the molecule is CCOc1cc(/C=C2/SC(=Nc3ccccc3)N(C(C)C)C2=O)cc(I)c1OCc1ccc(Br)cc1. The molecule has 0 unspecified atom stereocenters. The third-order valence-electron chi connectivity index (χ3n) is 5.26. The number of aliphatic imine (C=N–C) groups is 1. The molecule has 1 aliphatic heterocycles. The van der Waals surface area contributed by atoms with Crippen molar-refractivity contribution in [3.63, 3.8) is 0 Å². The number of rotatable bonds is 8. The zero-order valence-electron chi connectivity index (χ0n) is 20.2. The third-order valence-corrected chi connectivity index (χ3v) is 7.57. The first-order valence-corrected chi connectivity index (χ1v) is 14.2. The van der Waals surface area contributed by atoms with Crippen molar-refractivity contribution in [1.82, 2.24) is 4.90 Å². The normalized spacial score (nSPS) is 15.8. The molecule has 1 aliphatic rings. The topological polar surface area (TPSA) is 51.1 Å². The Kier molecular flexibility index (Phi) is 9.14. The van der Waals surface area contributed by atoms with Crippen LogP contribution in [-0.2, 0) is 11.4 Å². The molecule has 0 spiro atoms. The van der Waals surface area contributed by atoms with Gasteiger partial charge in [0.25, 0.3) is 5.91 Å². The van der Waals surface area contributed by atoms with Gasteiger partial charge in [0.15, 0.2) is 16.7 Å². The summed E-state index contributed by atoms with van der Waals surface area (Å²) in [5.74, 6) is 1.30. The van der Waals surface area contributed by atoms with E-state index in [1.807, 2.05) is 93.6 Å². The fourth-order valence-electron chi connectivity index (χ4n) is 3.59. The van der Waals surface area contributed by atoms with Crippen LogP contribution in [0.4, 0.5) is 5.69 Å². The number of hydrogen-bond acceptors (Lipinski definition) is 5. The maximum atomic E-state index is 13.3. The fraction of sp³-hybridized carbons (Fsp3) is 0.214. The molecule has 0 bridgehead atoms. The number of benzene rings is 3. The largest absolute Gasteiger partial charge is 0.490 e. The summed E-state index contributed by atoms with van der Waals surface area (Å²) in [6.07, 6.45) is 1.90. The minimum Gasteiger partial charge on any atom is -0.490 e. The van der Waals surface area contributed by atoms with Gasteiger partial charge in [0.05, 0.1) is 20.8 Å². The maximum absolute atomic E-state index is 13.3. The number of carbonyl (C=O) groups is 1. The van der Waals surface area contributed by atoms with E-state index in [0.29, 0.717) is 34.8 Å². The van der Waals surface area contributed by atoms with Gasteiger partial charge < -0.3 is 9.47 Å². The van der Waals surface area contributed by atoms with Crippen molar-refractivity contribution in [2.75, 3.05) is 6.61 Å². The van der Waals surface area contributed by atoms with Gasteiger partial charge in [-0.2, -0.15) is 0 Å². The number of halogens is 2. The van der Waals surface area contributed by atoms with Gasteiger partial charge in [-0.1, -0.05) is 46.3 Å². The van der Waals surface area contributed by atoms with Crippen LogP contribution < -0.4 is 9.47 Å². The summed E-state index contributed by atoms with van der Waals surface area (Å²) in [5.41, 5.74) is 2.76. The van der Waals surface area contributed by atoms with E-state index in [2.05, 4.69) is 38.5 Å². The molecule has 0 radical (unpaired) electrons. The van der Waals surface area contributed by atoms with Crippen molar-refractivity contribution >= 4 is 73.1 Å². The summed E-state index contributed by atoms with van der Waals surface area (Å²) in [5, 5.41) is 0.682. The second-order valence-electron chi connectivity index (χ2n) is 8.29. The molecule has 1 heterocycles. The van der Waals surface area contributed by atoms with Gasteiger partial charge in [-0.15, -0.1) is 0 Å². The van der Waals surface area contributed by atoms with Crippen LogP contribution >= 0.6 is 50.3 Å². The highest BCUT2D eigenvalue weighted by atomic mass is 127. The van der Waals surface area contributed by atoms with Crippen LogP contribution in [0, 0.1) is 3.57 Å². The lowest BCUT2D eigenvalue weighted by Gasteiger charge is -2.19. The standard InChI is InChI=1S/C28H26BrIN2O3S/c1-4-34-24-15-20(14-23(30)26(24)35-17-19-10-12-21(29)13-11-19)16-25-27(33)32(18(2)3)28(36-25)31-22-8-6-5-7-9-22/h5-16,18H,4,17H2,1-3H3/b25-16+,31-28?. The lowest BCUT2D eigenvalue weighted by Crippen LogP contribution is -2.35. The summed E-state index contributed by atoms with van der Waals surface area (Å²) in [6, 6.07) is 21.7. The fourth-order valence-corrected chi connectivity index (χ4v) is 5.76. The average Bonchev–Trinajstić information content (AvgIpc) is 3.15. The Morgan fingerprint density at radius 2 is 1.81 bits per heavy atom. The predicted molar refractivity (Wildman–Crippen MR) is 160 cm³/mol. The molecule has 3 aromatic carbocycles. The van der Waals surface area contributed by atoms with E-state index in [4.69, 9.17) is 14.5 Å². The van der Waals surface area contributed by atoms with Gasteiger partial charge in [-0.3, -0.25) is 9.69 Å². The molecular formula is C28H26BrIN2O3S. The molecule has 186 valence electrons. The van der Waals surface area contributed by atoms with Crippen LogP contribution in [0.15, 0.2) is 81.1 Å². The lowest BCUT2D eigenvalue weighted by molar-refractivity contribution is -0.123. The van der Waals surface area contributed by atoms with Gasteiger partial charge in [-0.05, 0) is 109 Å². The van der Waals surface area contributed by atoms with Gasteiger partial charge in [0.1, 0.15) is 6.61 Å². The van der Waals surface area contributed by atoms with E-state index in [0.717, 1.165) is 24.9 Å².